The molecule has 1 atom stereocenters. The fraction of sp³-hybridized carbons (Fsp3) is 0.812. The molecule has 1 unspecified atom stereocenters. The van der Waals surface area contributed by atoms with Crippen molar-refractivity contribution in [2.24, 2.45) is 5.41 Å². The van der Waals surface area contributed by atoms with E-state index < -0.39 is 0 Å². The number of nitrogens with zero attached hydrogens (tertiary/aromatic N) is 5. The van der Waals surface area contributed by atoms with Crippen LogP contribution in [0, 0.1) is 12.3 Å². The highest BCUT2D eigenvalue weighted by molar-refractivity contribution is 7.15. The van der Waals surface area contributed by atoms with Crippen molar-refractivity contribution in [3.63, 3.8) is 0 Å². The van der Waals surface area contributed by atoms with Gasteiger partial charge < -0.3 is 14.5 Å². The molecule has 3 aliphatic rings. The first-order chi connectivity index (χ1) is 11.7. The summed E-state index contributed by atoms with van der Waals surface area (Å²) in [4.78, 5) is 19.7. The molecule has 1 aromatic rings. The number of hydrogen-bond acceptors (Lipinski definition) is 7. The number of hydrogen-bond donors (Lipinski definition) is 0. The summed E-state index contributed by atoms with van der Waals surface area (Å²) in [5.41, 5.74) is -0.190. The molecule has 0 radical (unpaired) electrons. The SMILES string of the molecule is Cc1nnc(N2CCC3(CCN(CCN4CCOCC4)C3=O)C2)s1. The maximum atomic E-state index is 13.0. The molecule has 0 saturated carbocycles. The van der Waals surface area contributed by atoms with Crippen molar-refractivity contribution < 1.29 is 9.53 Å². The molecule has 24 heavy (non-hydrogen) atoms. The first-order valence-corrected chi connectivity index (χ1v) is 9.62. The Bertz CT molecular complexity index is 603. The minimum absolute atomic E-state index is 0.190. The van der Waals surface area contributed by atoms with Gasteiger partial charge in [0.05, 0.1) is 18.6 Å². The van der Waals surface area contributed by atoms with Crippen molar-refractivity contribution >= 4 is 22.4 Å². The zero-order chi connectivity index (χ0) is 16.6. The zero-order valence-corrected chi connectivity index (χ0v) is 15.1. The van der Waals surface area contributed by atoms with Gasteiger partial charge in [-0.15, -0.1) is 10.2 Å². The molecule has 3 fully saturated rings. The maximum absolute atomic E-state index is 13.0. The molecule has 3 saturated heterocycles. The van der Waals surface area contributed by atoms with E-state index >= 15 is 0 Å². The number of aromatic nitrogens is 2. The number of likely N-dealkylation sites (tertiary alicyclic amines) is 1. The summed E-state index contributed by atoms with van der Waals surface area (Å²) in [5, 5.41) is 10.3. The Morgan fingerprint density at radius 2 is 1.92 bits per heavy atom. The minimum atomic E-state index is -0.190. The molecule has 0 aliphatic carbocycles. The number of amides is 1. The lowest BCUT2D eigenvalue weighted by atomic mass is 9.85. The highest BCUT2D eigenvalue weighted by Crippen LogP contribution is 2.42. The predicted molar refractivity (Wildman–Crippen MR) is 92.4 cm³/mol. The van der Waals surface area contributed by atoms with E-state index in [0.29, 0.717) is 5.91 Å². The third-order valence-electron chi connectivity index (χ3n) is 5.53. The molecule has 0 bridgehead atoms. The van der Waals surface area contributed by atoms with Gasteiger partial charge in [0.1, 0.15) is 5.01 Å². The van der Waals surface area contributed by atoms with E-state index in [4.69, 9.17) is 4.74 Å². The maximum Gasteiger partial charge on any atom is 0.230 e. The Balaban J connectivity index is 1.34. The van der Waals surface area contributed by atoms with Crippen LogP contribution in [0.25, 0.3) is 0 Å². The van der Waals surface area contributed by atoms with Crippen molar-refractivity contribution in [3.8, 4) is 0 Å². The summed E-state index contributed by atoms with van der Waals surface area (Å²) >= 11 is 1.62. The Morgan fingerprint density at radius 3 is 2.67 bits per heavy atom. The molecular weight excluding hydrogens is 326 g/mol. The number of aryl methyl sites for hydroxylation is 1. The van der Waals surface area contributed by atoms with Crippen LogP contribution < -0.4 is 4.90 Å². The van der Waals surface area contributed by atoms with Crippen LogP contribution in [-0.4, -0.2) is 84.9 Å². The van der Waals surface area contributed by atoms with Gasteiger partial charge in [-0.25, -0.2) is 0 Å². The summed E-state index contributed by atoms with van der Waals surface area (Å²) in [5.74, 6) is 0.347. The lowest BCUT2D eigenvalue weighted by Crippen LogP contribution is -2.43. The Kier molecular flexibility index (Phi) is 4.44. The largest absolute Gasteiger partial charge is 0.379 e. The summed E-state index contributed by atoms with van der Waals surface area (Å²) in [6, 6.07) is 0. The third kappa shape index (κ3) is 3.02. The minimum Gasteiger partial charge on any atom is -0.379 e. The smallest absolute Gasteiger partial charge is 0.230 e. The van der Waals surface area contributed by atoms with Gasteiger partial charge in [-0.3, -0.25) is 9.69 Å². The Hall–Kier alpha value is -1.25. The van der Waals surface area contributed by atoms with E-state index in [2.05, 4.69) is 24.9 Å². The van der Waals surface area contributed by atoms with Crippen molar-refractivity contribution in [2.75, 3.05) is 63.9 Å². The second kappa shape index (κ2) is 6.57. The van der Waals surface area contributed by atoms with E-state index in [1.807, 2.05) is 6.92 Å². The average molecular weight is 351 g/mol. The van der Waals surface area contributed by atoms with Gasteiger partial charge in [-0.1, -0.05) is 11.3 Å². The molecule has 7 nitrogen and oxygen atoms in total. The van der Waals surface area contributed by atoms with Gasteiger partial charge in [0, 0.05) is 45.8 Å². The number of anilines is 1. The van der Waals surface area contributed by atoms with Crippen molar-refractivity contribution in [2.45, 2.75) is 19.8 Å². The molecule has 4 heterocycles. The number of ether oxygens (including phenoxy) is 1. The lowest BCUT2D eigenvalue weighted by molar-refractivity contribution is -0.135. The monoisotopic (exact) mass is 351 g/mol. The number of carbonyl (C=O) groups is 1. The van der Waals surface area contributed by atoms with E-state index in [9.17, 15) is 4.79 Å². The fourth-order valence-corrected chi connectivity index (χ4v) is 4.73. The summed E-state index contributed by atoms with van der Waals surface area (Å²) in [6.45, 7) is 9.99. The molecule has 1 spiro atoms. The van der Waals surface area contributed by atoms with Crippen LogP contribution in [0.3, 0.4) is 0 Å². The normalized spacial score (nSPS) is 28.5. The van der Waals surface area contributed by atoms with Crippen LogP contribution >= 0.6 is 11.3 Å². The van der Waals surface area contributed by atoms with E-state index in [1.54, 1.807) is 11.3 Å². The topological polar surface area (TPSA) is 61.8 Å². The zero-order valence-electron chi connectivity index (χ0n) is 14.2. The van der Waals surface area contributed by atoms with Crippen molar-refractivity contribution in [1.82, 2.24) is 20.0 Å². The summed E-state index contributed by atoms with van der Waals surface area (Å²) in [7, 11) is 0. The first-order valence-electron chi connectivity index (χ1n) is 8.81. The lowest BCUT2D eigenvalue weighted by Gasteiger charge is -2.29. The molecule has 132 valence electrons. The Morgan fingerprint density at radius 1 is 1.12 bits per heavy atom. The average Bonchev–Trinajstić information content (AvgIpc) is 3.29. The molecule has 4 rings (SSSR count). The van der Waals surface area contributed by atoms with Gasteiger partial charge in [0.15, 0.2) is 0 Å². The van der Waals surface area contributed by atoms with Gasteiger partial charge in [-0.05, 0) is 19.8 Å². The predicted octanol–water partition coefficient (Wildman–Crippen LogP) is 0.608. The quantitative estimate of drug-likeness (QED) is 0.792. The van der Waals surface area contributed by atoms with Crippen LogP contribution in [0.4, 0.5) is 5.13 Å². The van der Waals surface area contributed by atoms with Crippen LogP contribution in [0.5, 0.6) is 0 Å². The molecule has 1 amide bonds. The van der Waals surface area contributed by atoms with E-state index in [-0.39, 0.29) is 5.41 Å². The second-order valence-corrected chi connectivity index (χ2v) is 8.21. The van der Waals surface area contributed by atoms with Crippen LogP contribution in [0.1, 0.15) is 17.8 Å². The van der Waals surface area contributed by atoms with Gasteiger partial charge in [0.2, 0.25) is 11.0 Å². The molecular formula is C16H25N5O2S. The fourth-order valence-electron chi connectivity index (χ4n) is 4.02. The third-order valence-corrected chi connectivity index (χ3v) is 6.43. The number of morpholine rings is 1. The molecule has 0 aromatic carbocycles. The van der Waals surface area contributed by atoms with E-state index in [1.165, 1.54) is 0 Å². The highest BCUT2D eigenvalue weighted by Gasteiger charge is 2.51. The second-order valence-electron chi connectivity index (χ2n) is 7.05. The molecule has 8 heteroatoms. The Labute approximate surface area is 146 Å². The first kappa shape index (κ1) is 16.2. The summed E-state index contributed by atoms with van der Waals surface area (Å²) < 4.78 is 5.39. The van der Waals surface area contributed by atoms with E-state index in [0.717, 1.165) is 82.0 Å². The summed E-state index contributed by atoms with van der Waals surface area (Å²) in [6.07, 6.45) is 1.92. The van der Waals surface area contributed by atoms with Gasteiger partial charge in [-0.2, -0.15) is 0 Å². The highest BCUT2D eigenvalue weighted by atomic mass is 32.1. The number of carbonyl (C=O) groups excluding carboxylic acids is 1. The van der Waals surface area contributed by atoms with Crippen LogP contribution in [0.2, 0.25) is 0 Å². The molecule has 3 aliphatic heterocycles. The van der Waals surface area contributed by atoms with Crippen molar-refractivity contribution in [3.05, 3.63) is 5.01 Å². The number of rotatable bonds is 4. The van der Waals surface area contributed by atoms with Gasteiger partial charge in [0.25, 0.3) is 0 Å². The van der Waals surface area contributed by atoms with Crippen LogP contribution in [0.15, 0.2) is 0 Å². The van der Waals surface area contributed by atoms with Gasteiger partial charge >= 0.3 is 0 Å². The molecule has 1 aromatic heterocycles. The van der Waals surface area contributed by atoms with Crippen molar-refractivity contribution in [1.29, 1.82) is 0 Å². The standard InChI is InChI=1S/C16H25N5O2S/c1-13-17-18-15(24-13)21-5-3-16(12-21)2-4-20(14(16)22)7-6-19-8-10-23-11-9-19/h2-12H2,1H3. The molecule has 0 N–H and O–H groups in total. The van der Waals surface area contributed by atoms with Crippen LogP contribution in [-0.2, 0) is 9.53 Å².